The molecular formula is C37H27F4NO14S2. The van der Waals surface area contributed by atoms with E-state index in [1.54, 1.807) is 36.4 Å². The number of esters is 2. The number of rotatable bonds is 13. The number of nitrogens with zero attached hydrogens (tertiary/aromatic N) is 1. The van der Waals surface area contributed by atoms with Gasteiger partial charge < -0.3 is 18.9 Å². The number of hydrogen-bond acceptors (Lipinski definition) is 12. The van der Waals surface area contributed by atoms with E-state index in [0.29, 0.717) is 6.07 Å². The minimum atomic E-state index is -5.59. The van der Waals surface area contributed by atoms with E-state index < -0.39 is 94.8 Å². The third-order valence-corrected chi connectivity index (χ3v) is 9.37. The van der Waals surface area contributed by atoms with Crippen molar-refractivity contribution in [3.8, 4) is 23.0 Å². The molecule has 0 heterocycles. The Bertz CT molecular complexity index is 2660. The van der Waals surface area contributed by atoms with Gasteiger partial charge in [-0.05, 0) is 70.8 Å². The van der Waals surface area contributed by atoms with Crippen LogP contribution in [0.4, 0.5) is 23.2 Å². The first-order valence-corrected chi connectivity index (χ1v) is 18.7. The van der Waals surface area contributed by atoms with E-state index in [9.17, 15) is 58.7 Å². The fraction of sp³-hybridized carbons (Fsp3) is 0.0811. The van der Waals surface area contributed by atoms with Gasteiger partial charge in [0.2, 0.25) is 11.6 Å². The number of nitro groups is 1. The molecular weight excluding hydrogens is 823 g/mol. The normalized spacial score (nSPS) is 11.2. The summed E-state index contributed by atoms with van der Waals surface area (Å²) >= 11 is 0. The highest BCUT2D eigenvalue weighted by molar-refractivity contribution is 7.86. The minimum absolute atomic E-state index is 0.0184. The summed E-state index contributed by atoms with van der Waals surface area (Å²) in [6.07, 6.45) is 3.24. The van der Waals surface area contributed by atoms with Crippen LogP contribution in [0.1, 0.15) is 16.7 Å². The summed E-state index contributed by atoms with van der Waals surface area (Å²) in [5, 5.41) is 13.0. The van der Waals surface area contributed by atoms with Gasteiger partial charge in [-0.25, -0.2) is 18.4 Å². The monoisotopic (exact) mass is 849 g/mol. The molecule has 0 saturated heterocycles. The molecule has 0 amide bonds. The fourth-order valence-corrected chi connectivity index (χ4v) is 6.18. The maximum atomic E-state index is 13.8. The Morgan fingerprint density at radius 2 is 1.21 bits per heavy atom. The second-order valence-corrected chi connectivity index (χ2v) is 14.2. The number of nitro benzene ring substituents is 1. The molecule has 21 heteroatoms. The van der Waals surface area contributed by atoms with E-state index in [4.69, 9.17) is 18.8 Å². The number of ether oxygens (including phenoxy) is 4. The Balaban J connectivity index is 0.000000259. The van der Waals surface area contributed by atoms with Crippen LogP contribution in [0, 0.1) is 40.3 Å². The molecule has 0 aliphatic carbocycles. The van der Waals surface area contributed by atoms with Crippen LogP contribution in [0.5, 0.6) is 23.0 Å². The van der Waals surface area contributed by atoms with Crippen molar-refractivity contribution in [1.29, 1.82) is 0 Å². The lowest BCUT2D eigenvalue weighted by atomic mass is 10.1. The van der Waals surface area contributed by atoms with Crippen LogP contribution in [0.15, 0.2) is 95.7 Å². The summed E-state index contributed by atoms with van der Waals surface area (Å²) in [6.45, 7) is 6.75. The average molecular weight is 850 g/mol. The van der Waals surface area contributed by atoms with E-state index in [0.717, 1.165) is 28.0 Å². The summed E-state index contributed by atoms with van der Waals surface area (Å²) < 4.78 is 137. The Hall–Kier alpha value is -6.68. The second-order valence-electron chi connectivity index (χ2n) is 11.5. The summed E-state index contributed by atoms with van der Waals surface area (Å²) in [5.74, 6) is -13.0. The first kappa shape index (κ1) is 44.0. The molecule has 0 saturated carbocycles. The highest BCUT2D eigenvalue weighted by Crippen LogP contribution is 2.34. The highest BCUT2D eigenvalue weighted by atomic mass is 32.2. The second kappa shape index (κ2) is 18.1. The number of hydrogen-bond donors (Lipinski definition) is 2. The smallest absolute Gasteiger partial charge is 0.349 e. The SMILES string of the molecule is C=Cc1ccc(OC(=O)COc2c(F)c(F)c(S(=O)(=O)O)c(F)c2F)cc1.C=Cc1ccc2cc(OC(=O)COc3cc(C)c(S(=O)(=O)O)cc3[N+](=O)[O-])ccc2c1. The largest absolute Gasteiger partial charge is 0.476 e. The van der Waals surface area contributed by atoms with Crippen LogP contribution in [0.2, 0.25) is 0 Å². The van der Waals surface area contributed by atoms with Crippen LogP contribution in [0.25, 0.3) is 22.9 Å². The molecule has 0 aromatic heterocycles. The lowest BCUT2D eigenvalue weighted by Gasteiger charge is -2.11. The van der Waals surface area contributed by atoms with Gasteiger partial charge in [-0.2, -0.15) is 25.6 Å². The lowest BCUT2D eigenvalue weighted by Crippen LogP contribution is -2.20. The van der Waals surface area contributed by atoms with Gasteiger partial charge in [0.25, 0.3) is 10.1 Å². The molecule has 0 bridgehead atoms. The van der Waals surface area contributed by atoms with Crippen molar-refractivity contribution >= 4 is 60.8 Å². The zero-order chi connectivity index (χ0) is 43.1. The van der Waals surface area contributed by atoms with Crippen molar-refractivity contribution in [2.24, 2.45) is 0 Å². The van der Waals surface area contributed by atoms with E-state index in [-0.39, 0.29) is 22.8 Å². The molecule has 0 aliphatic heterocycles. The summed E-state index contributed by atoms with van der Waals surface area (Å²) in [7, 11) is -10.2. The number of fused-ring (bicyclic) bond motifs is 1. The third kappa shape index (κ3) is 10.8. The van der Waals surface area contributed by atoms with E-state index in [2.05, 4.69) is 17.9 Å². The maximum absolute atomic E-state index is 13.8. The van der Waals surface area contributed by atoms with Crippen molar-refractivity contribution in [3.05, 3.63) is 136 Å². The van der Waals surface area contributed by atoms with E-state index in [1.165, 1.54) is 25.1 Å². The molecule has 5 aromatic rings. The molecule has 5 aromatic carbocycles. The zero-order valence-corrected chi connectivity index (χ0v) is 31.1. The van der Waals surface area contributed by atoms with Gasteiger partial charge >= 0.3 is 27.7 Å². The Morgan fingerprint density at radius 3 is 1.74 bits per heavy atom. The van der Waals surface area contributed by atoms with Gasteiger partial charge in [0, 0.05) is 6.07 Å². The van der Waals surface area contributed by atoms with Crippen LogP contribution in [0.3, 0.4) is 0 Å². The van der Waals surface area contributed by atoms with Crippen molar-refractivity contribution < 1.29 is 77.0 Å². The molecule has 58 heavy (non-hydrogen) atoms. The number of aryl methyl sites for hydroxylation is 1. The molecule has 0 fully saturated rings. The molecule has 5 rings (SSSR count). The topological polar surface area (TPSA) is 223 Å². The van der Waals surface area contributed by atoms with E-state index >= 15 is 0 Å². The highest BCUT2D eigenvalue weighted by Gasteiger charge is 2.33. The standard InChI is InChI=1S/C21H17NO8S.C16H10F4O6S/c1-3-14-4-5-16-10-17(7-6-15(16)9-14)30-21(23)12-29-19-8-13(2)20(31(26,27)28)11-18(19)22(24)25;1-2-8-3-5-9(6-4-8)26-10(21)7-25-15-11(17)13(19)16(27(22,23)24)14(20)12(15)18/h3-11H,1,12H2,2H3,(H,26,27,28);2-6H,1,7H2,(H,22,23,24). The molecule has 0 aliphatic rings. The number of benzene rings is 5. The number of carbonyl (C=O) groups excluding carboxylic acids is 2. The number of halogens is 4. The van der Waals surface area contributed by atoms with Crippen molar-refractivity contribution in [2.75, 3.05) is 13.2 Å². The summed E-state index contributed by atoms with van der Waals surface area (Å²) in [5.41, 5.74) is 0.974. The van der Waals surface area contributed by atoms with Crippen LogP contribution in [-0.2, 0) is 29.8 Å². The Kier molecular flexibility index (Phi) is 13.7. The van der Waals surface area contributed by atoms with Crippen molar-refractivity contribution in [1.82, 2.24) is 0 Å². The Labute approximate surface area is 326 Å². The van der Waals surface area contributed by atoms with Crippen LogP contribution >= 0.6 is 0 Å². The van der Waals surface area contributed by atoms with Crippen molar-refractivity contribution in [3.63, 3.8) is 0 Å². The first-order valence-electron chi connectivity index (χ1n) is 15.8. The first-order chi connectivity index (χ1) is 27.1. The Morgan fingerprint density at radius 1 is 0.707 bits per heavy atom. The molecule has 0 atom stereocenters. The third-order valence-electron chi connectivity index (χ3n) is 7.50. The van der Waals surface area contributed by atoms with Crippen LogP contribution in [-0.4, -0.2) is 56.0 Å². The maximum Gasteiger partial charge on any atom is 0.349 e. The van der Waals surface area contributed by atoms with Gasteiger partial charge in [-0.3, -0.25) is 19.2 Å². The molecule has 0 radical (unpaired) electrons. The van der Waals surface area contributed by atoms with Gasteiger partial charge in [-0.1, -0.05) is 55.6 Å². The molecule has 0 unspecified atom stereocenters. The summed E-state index contributed by atoms with van der Waals surface area (Å²) in [4.78, 5) is 31.3. The van der Waals surface area contributed by atoms with E-state index in [1.807, 2.05) is 18.2 Å². The van der Waals surface area contributed by atoms with Crippen LogP contribution < -0.4 is 18.9 Å². The average Bonchev–Trinajstić information content (AvgIpc) is 3.15. The van der Waals surface area contributed by atoms with Crippen molar-refractivity contribution in [2.45, 2.75) is 16.7 Å². The molecule has 0 spiro atoms. The molecule has 15 nitrogen and oxygen atoms in total. The van der Waals surface area contributed by atoms with Gasteiger partial charge in [0.15, 0.2) is 41.2 Å². The number of carbonyl (C=O) groups is 2. The van der Waals surface area contributed by atoms with Gasteiger partial charge in [0.1, 0.15) is 16.4 Å². The molecule has 2 N–H and O–H groups in total. The lowest BCUT2D eigenvalue weighted by molar-refractivity contribution is -0.386. The van der Waals surface area contributed by atoms with Gasteiger partial charge in [-0.15, -0.1) is 0 Å². The predicted octanol–water partition coefficient (Wildman–Crippen LogP) is 7.05. The predicted molar refractivity (Wildman–Crippen MR) is 197 cm³/mol. The quantitative estimate of drug-likeness (QED) is 0.0231. The molecule has 304 valence electrons. The van der Waals surface area contributed by atoms with Gasteiger partial charge in [0.05, 0.1) is 4.92 Å². The fourth-order valence-electron chi connectivity index (χ4n) is 4.83. The summed E-state index contributed by atoms with van der Waals surface area (Å²) in [6, 6.07) is 18.3. The zero-order valence-electron chi connectivity index (χ0n) is 29.5. The minimum Gasteiger partial charge on any atom is -0.476 e.